The molecule has 4 atom stereocenters. The Morgan fingerprint density at radius 2 is 1.70 bits per heavy atom. The number of nitrogens with zero attached hydrogens (tertiary/aromatic N) is 2. The summed E-state index contributed by atoms with van der Waals surface area (Å²) in [6.07, 6.45) is 4.03. The van der Waals surface area contributed by atoms with Gasteiger partial charge in [0, 0.05) is 22.7 Å². The van der Waals surface area contributed by atoms with E-state index in [1.54, 1.807) is 18.3 Å². The number of rotatable bonds is 5. The molecule has 0 unspecified atom stereocenters. The molecule has 3 saturated carbocycles. The van der Waals surface area contributed by atoms with E-state index in [9.17, 15) is 14.7 Å². The Morgan fingerprint density at radius 1 is 1.14 bits per heavy atom. The smallest absolute Gasteiger partial charge is 0.283 e. The number of fused-ring (bicyclic) bond motifs is 2. The second-order valence-corrected chi connectivity index (χ2v) is 14.7. The highest BCUT2D eigenvalue weighted by atomic mass is 79.9. The minimum Gasteiger partial charge on any atom is -0.507 e. The molecular formula is C30H42BrN3O3. The molecule has 0 saturated heterocycles. The molecular weight excluding hydrogens is 530 g/mol. The maximum absolute atomic E-state index is 13.4. The average molecular weight is 573 g/mol. The fourth-order valence-electron chi connectivity index (χ4n) is 6.38. The first-order chi connectivity index (χ1) is 16.9. The summed E-state index contributed by atoms with van der Waals surface area (Å²) >= 11 is 3.48. The van der Waals surface area contributed by atoms with Gasteiger partial charge in [0.05, 0.1) is 11.9 Å². The fourth-order valence-corrected chi connectivity index (χ4v) is 6.81. The van der Waals surface area contributed by atoms with Crippen LogP contribution in [0.3, 0.4) is 0 Å². The van der Waals surface area contributed by atoms with Crippen LogP contribution in [-0.2, 0) is 17.4 Å². The molecule has 2 aromatic rings. The highest BCUT2D eigenvalue weighted by molar-refractivity contribution is 9.10. The summed E-state index contributed by atoms with van der Waals surface area (Å²) in [6, 6.07) is 3.80. The Labute approximate surface area is 229 Å². The van der Waals surface area contributed by atoms with Crippen molar-refractivity contribution in [2.45, 2.75) is 98.6 Å². The molecule has 3 aliphatic carbocycles. The highest BCUT2D eigenvalue weighted by Crippen LogP contribution is 2.61. The molecule has 0 spiro atoms. The topological polar surface area (TPSA) is 84.2 Å². The molecule has 1 aromatic carbocycles. The van der Waals surface area contributed by atoms with Gasteiger partial charge >= 0.3 is 0 Å². The van der Waals surface area contributed by atoms with Crippen LogP contribution in [0.2, 0.25) is 0 Å². The van der Waals surface area contributed by atoms with Crippen LogP contribution in [0.1, 0.15) is 96.6 Å². The number of carbonyl (C=O) groups is 1. The van der Waals surface area contributed by atoms with E-state index in [4.69, 9.17) is 0 Å². The van der Waals surface area contributed by atoms with Gasteiger partial charge in [-0.05, 0) is 74.9 Å². The summed E-state index contributed by atoms with van der Waals surface area (Å²) in [4.78, 5) is 26.6. The molecule has 1 aromatic heterocycles. The first-order valence-corrected chi connectivity index (χ1v) is 14.2. The number of hydrogen-bond donors (Lipinski definition) is 2. The number of hydrogen-bond acceptors (Lipinski definition) is 5. The van der Waals surface area contributed by atoms with Gasteiger partial charge in [-0.2, -0.15) is 5.10 Å². The average Bonchev–Trinajstić information content (AvgIpc) is 2.78. The Morgan fingerprint density at radius 3 is 2.19 bits per heavy atom. The predicted molar refractivity (Wildman–Crippen MR) is 153 cm³/mol. The first kappa shape index (κ1) is 27.9. The van der Waals surface area contributed by atoms with Gasteiger partial charge in [-0.3, -0.25) is 9.59 Å². The number of phenols is 1. The second-order valence-electron chi connectivity index (χ2n) is 13.9. The van der Waals surface area contributed by atoms with Crippen molar-refractivity contribution in [1.29, 1.82) is 0 Å². The van der Waals surface area contributed by atoms with E-state index >= 15 is 0 Å². The van der Waals surface area contributed by atoms with Crippen LogP contribution < -0.4 is 10.9 Å². The molecule has 6 nitrogen and oxygen atoms in total. The summed E-state index contributed by atoms with van der Waals surface area (Å²) in [5, 5.41) is 18.9. The number of phenolic OH excluding ortho intramolecular Hbond substituents is 1. The van der Waals surface area contributed by atoms with Crippen molar-refractivity contribution in [3.05, 3.63) is 49.8 Å². The Bertz CT molecular complexity index is 1250. The third-order valence-corrected chi connectivity index (χ3v) is 9.79. The van der Waals surface area contributed by atoms with Gasteiger partial charge in [0.1, 0.15) is 16.8 Å². The fraction of sp³-hybridized carbons (Fsp3) is 0.633. The molecule has 0 radical (unpaired) electrons. The van der Waals surface area contributed by atoms with Crippen LogP contribution in [0.15, 0.2) is 27.6 Å². The highest BCUT2D eigenvalue weighted by Gasteiger charge is 2.56. The van der Waals surface area contributed by atoms with Crippen molar-refractivity contribution in [2.75, 3.05) is 5.32 Å². The molecule has 3 fully saturated rings. The van der Waals surface area contributed by atoms with E-state index in [-0.39, 0.29) is 34.5 Å². The number of benzene rings is 1. The number of nitrogens with one attached hydrogen (secondary N) is 1. The van der Waals surface area contributed by atoms with E-state index in [0.717, 1.165) is 6.42 Å². The summed E-state index contributed by atoms with van der Waals surface area (Å²) in [6.45, 7) is 18.9. The molecule has 5 rings (SSSR count). The third kappa shape index (κ3) is 5.00. The predicted octanol–water partition coefficient (Wildman–Crippen LogP) is 6.67. The normalized spacial score (nSPS) is 24.9. The van der Waals surface area contributed by atoms with E-state index in [1.165, 1.54) is 11.1 Å². The number of ketones is 1. The van der Waals surface area contributed by atoms with Crippen LogP contribution in [0.4, 0.5) is 5.69 Å². The van der Waals surface area contributed by atoms with Crippen molar-refractivity contribution in [1.82, 2.24) is 9.78 Å². The molecule has 3 aliphatic rings. The van der Waals surface area contributed by atoms with E-state index in [2.05, 4.69) is 47.1 Å². The van der Waals surface area contributed by atoms with Gasteiger partial charge in [-0.25, -0.2) is 4.68 Å². The summed E-state index contributed by atoms with van der Waals surface area (Å²) in [5.74, 6) is 1.91. The van der Waals surface area contributed by atoms with Crippen LogP contribution in [-0.4, -0.2) is 26.7 Å². The molecule has 37 heavy (non-hydrogen) atoms. The number of halogens is 1. The van der Waals surface area contributed by atoms with Crippen molar-refractivity contribution in [3.63, 3.8) is 0 Å². The van der Waals surface area contributed by atoms with Crippen molar-refractivity contribution < 1.29 is 9.90 Å². The number of anilines is 1. The SMILES string of the molecule is C[C@H]1[C@H](Nc2cnn(CC(=O)c3cc(C(C)(C)C)c(O)c(C(C)(C)C)c3)c(=O)c2Br)C[C@H]2C[C@@H]1C2(C)C. The van der Waals surface area contributed by atoms with Crippen molar-refractivity contribution in [3.8, 4) is 5.75 Å². The summed E-state index contributed by atoms with van der Waals surface area (Å²) in [5.41, 5.74) is 1.94. The monoisotopic (exact) mass is 571 g/mol. The molecule has 0 amide bonds. The summed E-state index contributed by atoms with van der Waals surface area (Å²) < 4.78 is 1.61. The zero-order valence-corrected chi connectivity index (χ0v) is 25.3. The lowest BCUT2D eigenvalue weighted by Crippen LogP contribution is -2.58. The molecule has 7 heteroatoms. The lowest BCUT2D eigenvalue weighted by atomic mass is 9.45. The van der Waals surface area contributed by atoms with Crippen LogP contribution >= 0.6 is 15.9 Å². The third-order valence-electron chi connectivity index (χ3n) is 9.02. The quantitative estimate of drug-likeness (QED) is 0.391. The largest absolute Gasteiger partial charge is 0.507 e. The van der Waals surface area contributed by atoms with Gasteiger partial charge in [0.25, 0.3) is 5.56 Å². The van der Waals surface area contributed by atoms with Gasteiger partial charge in [0.15, 0.2) is 5.78 Å². The van der Waals surface area contributed by atoms with Gasteiger partial charge < -0.3 is 10.4 Å². The van der Waals surface area contributed by atoms with Gasteiger partial charge in [0.2, 0.25) is 0 Å². The molecule has 2 N–H and O–H groups in total. The maximum Gasteiger partial charge on any atom is 0.283 e. The van der Waals surface area contributed by atoms with E-state index in [1.807, 2.05) is 41.5 Å². The zero-order valence-electron chi connectivity index (χ0n) is 23.7. The van der Waals surface area contributed by atoms with E-state index < -0.39 is 0 Å². The Hall–Kier alpha value is -2.15. The zero-order chi connectivity index (χ0) is 27.7. The van der Waals surface area contributed by atoms with Crippen molar-refractivity contribution >= 4 is 27.4 Å². The number of Topliss-reactive ketones (excluding diaryl/α,β-unsaturated/α-hetero) is 1. The Balaban J connectivity index is 1.58. The van der Waals surface area contributed by atoms with Crippen LogP contribution in [0.5, 0.6) is 5.75 Å². The van der Waals surface area contributed by atoms with Crippen molar-refractivity contribution in [2.24, 2.45) is 23.2 Å². The first-order valence-electron chi connectivity index (χ1n) is 13.4. The lowest BCUT2D eigenvalue weighted by Gasteiger charge is -2.62. The minimum absolute atomic E-state index is 0.173. The number of aromatic nitrogens is 2. The minimum atomic E-state index is -0.349. The van der Waals surface area contributed by atoms with Gasteiger partial charge in [-0.1, -0.05) is 62.3 Å². The summed E-state index contributed by atoms with van der Waals surface area (Å²) in [7, 11) is 0. The molecule has 0 aliphatic heterocycles. The standard InChI is InChI=1S/C30H42BrN3O3/c1-16-19-12-18(30(19,8)9)13-22(16)33-23-14-32-34(27(37)25(23)31)15-24(35)17-10-20(28(2,3)4)26(36)21(11-17)29(5,6)7/h10-11,14,16,18-19,22,33,36H,12-13,15H2,1-9H3/t16-,18-,19+,22-/m1/s1. The molecule has 2 bridgehead atoms. The maximum atomic E-state index is 13.4. The van der Waals surface area contributed by atoms with E-state index in [0.29, 0.717) is 56.1 Å². The second kappa shape index (κ2) is 9.25. The Kier molecular flexibility index (Phi) is 6.97. The number of aromatic hydroxyl groups is 1. The molecule has 1 heterocycles. The van der Waals surface area contributed by atoms with Gasteiger partial charge in [-0.15, -0.1) is 0 Å². The number of carbonyl (C=O) groups excluding carboxylic acids is 1. The van der Waals surface area contributed by atoms with Crippen LogP contribution in [0.25, 0.3) is 0 Å². The lowest BCUT2D eigenvalue weighted by molar-refractivity contribution is -0.105. The molecule has 202 valence electrons. The van der Waals surface area contributed by atoms with Crippen LogP contribution in [0, 0.1) is 23.2 Å².